The van der Waals surface area contributed by atoms with Crippen LogP contribution in [-0.4, -0.2) is 35.1 Å². The number of rotatable bonds is 12. The smallest absolute Gasteiger partial charge is 0.475 e. The third kappa shape index (κ3) is 9.65. The lowest BCUT2D eigenvalue weighted by Crippen LogP contribution is -2.01. The van der Waals surface area contributed by atoms with Crippen LogP contribution in [0.15, 0.2) is 91.0 Å². The van der Waals surface area contributed by atoms with Crippen LogP contribution in [0.4, 0.5) is 0 Å². The average molecular weight is 494 g/mol. The lowest BCUT2D eigenvalue weighted by atomic mass is 10.2. The molecular weight excluding hydrogens is 467 g/mol. The Morgan fingerprint density at radius 1 is 0.514 bits per heavy atom. The van der Waals surface area contributed by atoms with Gasteiger partial charge in [0.1, 0.15) is 17.2 Å². The van der Waals surface area contributed by atoms with Crippen molar-refractivity contribution < 1.29 is 33.5 Å². The molecule has 0 saturated heterocycles. The molecule has 0 unspecified atom stereocenters. The molecule has 35 heavy (non-hydrogen) atoms. The van der Waals surface area contributed by atoms with E-state index in [2.05, 4.69) is 0 Å². The fourth-order valence-electron chi connectivity index (χ4n) is 2.82. The monoisotopic (exact) mass is 494 g/mol. The maximum absolute atomic E-state index is 13.1. The summed E-state index contributed by atoms with van der Waals surface area (Å²) in [5, 5.41) is 28.1. The van der Waals surface area contributed by atoms with Crippen LogP contribution in [0.1, 0.15) is 16.7 Å². The minimum Gasteiger partial charge on any atom is -0.508 e. The molecule has 3 aromatic rings. The molecule has 0 amide bonds. The molecule has 0 bridgehead atoms. The van der Waals surface area contributed by atoms with Crippen molar-refractivity contribution in [1.29, 1.82) is 0 Å². The first-order valence-corrected chi connectivity index (χ1v) is 12.3. The number of phosphoric ester groups is 1. The zero-order chi connectivity index (χ0) is 24.9. The summed E-state index contributed by atoms with van der Waals surface area (Å²) in [7, 11) is -3.88. The van der Waals surface area contributed by atoms with Gasteiger partial charge in [-0.25, -0.2) is 4.57 Å². The number of hydrogen-bond acceptors (Lipinski definition) is 7. The highest BCUT2D eigenvalue weighted by atomic mass is 31.2. The average Bonchev–Trinajstić information content (AvgIpc) is 2.86. The molecule has 0 heterocycles. The SMILES string of the molecule is O=P(OC/C=C/c1ccc(O)cc1)(OC/C=C/c1ccc(O)cc1)OC/C=C/c1ccc(O)cc1. The fourth-order valence-corrected chi connectivity index (χ4v) is 3.85. The van der Waals surface area contributed by atoms with Gasteiger partial charge in [0.15, 0.2) is 0 Å². The van der Waals surface area contributed by atoms with Crippen LogP contribution in [0.5, 0.6) is 17.2 Å². The Labute approximate surface area is 204 Å². The van der Waals surface area contributed by atoms with Crippen LogP contribution >= 0.6 is 7.82 Å². The zero-order valence-electron chi connectivity index (χ0n) is 18.9. The standard InChI is InChI=1S/C27H27O7P/c28-25-13-7-22(8-14-25)4-1-19-32-35(31,33-20-2-5-23-9-15-26(29)16-10-23)34-21-3-6-24-11-17-27(30)18-12-24/h1-18,28-30H,19-21H2/b4-1+,5-2+,6-3+. The van der Waals surface area contributed by atoms with E-state index >= 15 is 0 Å². The van der Waals surface area contributed by atoms with Gasteiger partial charge in [0, 0.05) is 0 Å². The number of phenols is 3. The van der Waals surface area contributed by atoms with E-state index in [0.29, 0.717) is 0 Å². The van der Waals surface area contributed by atoms with Gasteiger partial charge in [-0.15, -0.1) is 0 Å². The summed E-state index contributed by atoms with van der Waals surface area (Å²) >= 11 is 0. The summed E-state index contributed by atoms with van der Waals surface area (Å²) in [6.45, 7) is -0.0372. The van der Waals surface area contributed by atoms with E-state index in [1.807, 2.05) is 0 Å². The maximum Gasteiger partial charge on any atom is 0.475 e. The predicted molar refractivity (Wildman–Crippen MR) is 137 cm³/mol. The van der Waals surface area contributed by atoms with Crippen LogP contribution in [0.2, 0.25) is 0 Å². The van der Waals surface area contributed by atoms with Gasteiger partial charge in [0.25, 0.3) is 0 Å². The van der Waals surface area contributed by atoms with Gasteiger partial charge < -0.3 is 15.3 Å². The molecule has 3 rings (SSSR count). The van der Waals surface area contributed by atoms with Crippen molar-refractivity contribution in [3.8, 4) is 17.2 Å². The first kappa shape index (κ1) is 26.0. The normalized spacial score (nSPS) is 12.2. The van der Waals surface area contributed by atoms with E-state index in [9.17, 15) is 19.9 Å². The Hall–Kier alpha value is -3.61. The van der Waals surface area contributed by atoms with E-state index in [1.54, 1.807) is 109 Å². The summed E-state index contributed by atoms with van der Waals surface area (Å²) in [6.07, 6.45) is 10.3. The van der Waals surface area contributed by atoms with Crippen LogP contribution in [0, 0.1) is 0 Å². The first-order chi connectivity index (χ1) is 16.9. The molecule has 0 fully saturated rings. The van der Waals surface area contributed by atoms with Gasteiger partial charge in [-0.3, -0.25) is 13.6 Å². The summed E-state index contributed by atoms with van der Waals surface area (Å²) in [5.74, 6) is 0.515. The summed E-state index contributed by atoms with van der Waals surface area (Å²) in [5.41, 5.74) is 2.53. The Balaban J connectivity index is 1.57. The van der Waals surface area contributed by atoms with E-state index < -0.39 is 7.82 Å². The molecule has 8 heteroatoms. The van der Waals surface area contributed by atoms with Crippen LogP contribution in [-0.2, 0) is 18.1 Å². The second-order valence-electron chi connectivity index (χ2n) is 7.32. The van der Waals surface area contributed by atoms with Crippen LogP contribution in [0.3, 0.4) is 0 Å². The van der Waals surface area contributed by atoms with E-state index in [1.165, 1.54) is 0 Å². The lowest BCUT2D eigenvalue weighted by molar-refractivity contribution is 0.141. The van der Waals surface area contributed by atoms with Gasteiger partial charge in [0.05, 0.1) is 19.8 Å². The van der Waals surface area contributed by atoms with Crippen molar-refractivity contribution in [3.63, 3.8) is 0 Å². The molecule has 0 spiro atoms. The highest BCUT2D eigenvalue weighted by Crippen LogP contribution is 2.49. The lowest BCUT2D eigenvalue weighted by Gasteiger charge is -2.15. The fraction of sp³-hybridized carbons (Fsp3) is 0.111. The molecule has 0 saturated carbocycles. The van der Waals surface area contributed by atoms with Gasteiger partial charge >= 0.3 is 7.82 Å². The Bertz CT molecular complexity index is 1030. The highest BCUT2D eigenvalue weighted by molar-refractivity contribution is 7.48. The Morgan fingerprint density at radius 3 is 1.03 bits per heavy atom. The molecule has 182 valence electrons. The van der Waals surface area contributed by atoms with Crippen molar-refractivity contribution in [3.05, 3.63) is 108 Å². The summed E-state index contributed by atoms with van der Waals surface area (Å²) in [4.78, 5) is 0. The number of phenolic OH excluding ortho intramolecular Hbond substituents is 3. The highest BCUT2D eigenvalue weighted by Gasteiger charge is 2.25. The minimum absolute atomic E-state index is 0.0124. The molecule has 3 aromatic carbocycles. The predicted octanol–water partition coefficient (Wildman–Crippen LogP) is 6.40. The minimum atomic E-state index is -3.88. The largest absolute Gasteiger partial charge is 0.508 e. The third-order valence-electron chi connectivity index (χ3n) is 4.60. The number of benzene rings is 3. The van der Waals surface area contributed by atoms with Gasteiger partial charge in [-0.05, 0) is 53.1 Å². The molecule has 0 atom stereocenters. The number of phosphoric acid groups is 1. The molecule has 0 aliphatic heterocycles. The summed E-state index contributed by atoms with van der Waals surface area (Å²) in [6, 6.07) is 19.8. The van der Waals surface area contributed by atoms with E-state index in [0.717, 1.165) is 16.7 Å². The number of hydrogen-bond donors (Lipinski definition) is 3. The summed E-state index contributed by atoms with van der Waals surface area (Å²) < 4.78 is 29.5. The molecule has 0 aliphatic carbocycles. The molecule has 0 aliphatic rings. The van der Waals surface area contributed by atoms with Gasteiger partial charge in [-0.1, -0.05) is 72.9 Å². The molecule has 3 N–H and O–H groups in total. The topological polar surface area (TPSA) is 105 Å². The van der Waals surface area contributed by atoms with Gasteiger partial charge in [-0.2, -0.15) is 0 Å². The van der Waals surface area contributed by atoms with Crippen molar-refractivity contribution >= 4 is 26.1 Å². The first-order valence-electron chi connectivity index (χ1n) is 10.8. The Kier molecular flexibility index (Phi) is 9.90. The van der Waals surface area contributed by atoms with Crippen LogP contribution in [0.25, 0.3) is 18.2 Å². The zero-order valence-corrected chi connectivity index (χ0v) is 19.8. The van der Waals surface area contributed by atoms with Crippen molar-refractivity contribution in [2.75, 3.05) is 19.8 Å². The quantitative estimate of drug-likeness (QED) is 0.250. The molecular formula is C27H27O7P. The van der Waals surface area contributed by atoms with Gasteiger partial charge in [0.2, 0.25) is 0 Å². The number of aromatic hydroxyl groups is 3. The van der Waals surface area contributed by atoms with E-state index in [-0.39, 0.29) is 37.1 Å². The second-order valence-corrected chi connectivity index (χ2v) is 8.99. The molecule has 0 aromatic heterocycles. The van der Waals surface area contributed by atoms with E-state index in [4.69, 9.17) is 13.6 Å². The van der Waals surface area contributed by atoms with Crippen molar-refractivity contribution in [1.82, 2.24) is 0 Å². The maximum atomic E-state index is 13.1. The Morgan fingerprint density at radius 2 is 0.771 bits per heavy atom. The van der Waals surface area contributed by atoms with Crippen LogP contribution < -0.4 is 0 Å². The molecule has 7 nitrogen and oxygen atoms in total. The second kappa shape index (κ2) is 13.3. The van der Waals surface area contributed by atoms with Crippen molar-refractivity contribution in [2.45, 2.75) is 0 Å². The molecule has 0 radical (unpaired) electrons. The third-order valence-corrected chi connectivity index (χ3v) is 5.99. The van der Waals surface area contributed by atoms with Crippen molar-refractivity contribution in [2.24, 2.45) is 0 Å².